The molecule has 0 radical (unpaired) electrons. The van der Waals surface area contributed by atoms with E-state index in [9.17, 15) is 5.11 Å². The molecule has 160 valence electrons. The van der Waals surface area contributed by atoms with Gasteiger partial charge in [0, 0.05) is 43.7 Å². The van der Waals surface area contributed by atoms with Crippen LogP contribution in [0.5, 0.6) is 0 Å². The van der Waals surface area contributed by atoms with E-state index in [0.717, 1.165) is 48.0 Å². The average molecular weight is 412 g/mol. The minimum Gasteiger partial charge on any atom is -0.483 e. The van der Waals surface area contributed by atoms with Crippen molar-refractivity contribution in [2.75, 3.05) is 13.1 Å². The van der Waals surface area contributed by atoms with Crippen LogP contribution >= 0.6 is 0 Å². The predicted octanol–water partition coefficient (Wildman–Crippen LogP) is 2.52. The normalized spacial score (nSPS) is 18.8. The summed E-state index contributed by atoms with van der Waals surface area (Å²) in [6.45, 7) is 8.09. The van der Waals surface area contributed by atoms with Crippen molar-refractivity contribution < 1.29 is 19.5 Å². The molecule has 1 aromatic carbocycles. The molecule has 0 bridgehead atoms. The summed E-state index contributed by atoms with van der Waals surface area (Å²) in [5, 5.41) is 25.9. The van der Waals surface area contributed by atoms with Crippen LogP contribution in [0.4, 0.5) is 0 Å². The molecule has 8 nitrogen and oxygen atoms in total. The Balaban J connectivity index is 0.000000806. The van der Waals surface area contributed by atoms with Crippen molar-refractivity contribution in [1.29, 1.82) is 0 Å². The molecule has 2 N–H and O–H groups in total. The molecule has 0 spiro atoms. The lowest BCUT2D eigenvalue weighted by Crippen LogP contribution is -2.21. The number of aliphatic hydroxyl groups is 1. The van der Waals surface area contributed by atoms with E-state index >= 15 is 0 Å². The molecule has 0 unspecified atom stereocenters. The Bertz CT molecular complexity index is 981. The Morgan fingerprint density at radius 3 is 2.57 bits per heavy atom. The highest BCUT2D eigenvalue weighted by molar-refractivity contribution is 5.37. The molecule has 3 aromatic rings. The first-order valence-corrected chi connectivity index (χ1v) is 9.92. The van der Waals surface area contributed by atoms with Crippen molar-refractivity contribution in [3.8, 4) is 5.69 Å². The van der Waals surface area contributed by atoms with Gasteiger partial charge in [-0.25, -0.2) is 4.68 Å². The van der Waals surface area contributed by atoms with E-state index in [0.29, 0.717) is 6.54 Å². The lowest BCUT2D eigenvalue weighted by Gasteiger charge is -2.16. The van der Waals surface area contributed by atoms with E-state index < -0.39 is 0 Å². The van der Waals surface area contributed by atoms with Gasteiger partial charge in [0.25, 0.3) is 6.47 Å². The maximum absolute atomic E-state index is 10.5. The number of carboxylic acid groups (broad SMARTS) is 1. The Labute approximate surface area is 175 Å². The Hall–Kier alpha value is -2.97. The van der Waals surface area contributed by atoms with E-state index in [1.807, 2.05) is 24.6 Å². The van der Waals surface area contributed by atoms with Gasteiger partial charge in [0.2, 0.25) is 0 Å². The standard InChI is InChI=1S/C21H26N4O2.CH2O2/c1-14-7-16(3)25(22-14)19-6-4-5-17(9-19)11-24-12-18(21(26)13-24)10-20-8-15(2)23-27-20;2-1-3/h4-9,18,21,26H,10-13H2,1-3H3;1H,(H,2,3)/t18-,21+;/m1./s1. The van der Waals surface area contributed by atoms with E-state index in [1.165, 1.54) is 5.56 Å². The number of aryl methyl sites for hydroxylation is 3. The lowest BCUT2D eigenvalue weighted by molar-refractivity contribution is -0.122. The van der Waals surface area contributed by atoms with E-state index in [-0.39, 0.29) is 18.5 Å². The van der Waals surface area contributed by atoms with Crippen LogP contribution in [0.2, 0.25) is 0 Å². The van der Waals surface area contributed by atoms with Crippen LogP contribution in [0.25, 0.3) is 5.69 Å². The van der Waals surface area contributed by atoms with Gasteiger partial charge < -0.3 is 14.7 Å². The third-order valence-corrected chi connectivity index (χ3v) is 5.19. The van der Waals surface area contributed by atoms with Crippen LogP contribution in [0.3, 0.4) is 0 Å². The van der Waals surface area contributed by atoms with Crippen molar-refractivity contribution in [1.82, 2.24) is 19.8 Å². The molecule has 8 heteroatoms. The average Bonchev–Trinajstić information content (AvgIpc) is 3.35. The molecule has 2 aromatic heterocycles. The first kappa shape index (κ1) is 21.7. The number of aromatic nitrogens is 3. The minimum absolute atomic E-state index is 0.177. The minimum atomic E-state index is -0.338. The van der Waals surface area contributed by atoms with Gasteiger partial charge in [-0.3, -0.25) is 9.69 Å². The molecule has 1 aliphatic heterocycles. The molecular formula is C22H28N4O4. The smallest absolute Gasteiger partial charge is 0.290 e. The van der Waals surface area contributed by atoms with Crippen molar-refractivity contribution in [2.24, 2.45) is 5.92 Å². The second-order valence-corrected chi connectivity index (χ2v) is 7.77. The lowest BCUT2D eigenvalue weighted by atomic mass is 10.0. The van der Waals surface area contributed by atoms with E-state index in [1.54, 1.807) is 0 Å². The van der Waals surface area contributed by atoms with Gasteiger partial charge in [-0.2, -0.15) is 5.10 Å². The van der Waals surface area contributed by atoms with Gasteiger partial charge in [0.05, 0.1) is 23.2 Å². The van der Waals surface area contributed by atoms with Crippen molar-refractivity contribution in [2.45, 2.75) is 39.8 Å². The van der Waals surface area contributed by atoms with Gasteiger partial charge in [-0.1, -0.05) is 17.3 Å². The van der Waals surface area contributed by atoms with Crippen LogP contribution in [-0.4, -0.2) is 55.7 Å². The zero-order valence-electron chi connectivity index (χ0n) is 17.5. The van der Waals surface area contributed by atoms with E-state index in [2.05, 4.69) is 52.4 Å². The molecule has 1 aliphatic rings. The molecule has 4 rings (SSSR count). The Morgan fingerprint density at radius 2 is 1.93 bits per heavy atom. The van der Waals surface area contributed by atoms with Crippen LogP contribution in [0.15, 0.2) is 40.9 Å². The van der Waals surface area contributed by atoms with Crippen LogP contribution in [0, 0.1) is 26.7 Å². The summed E-state index contributed by atoms with van der Waals surface area (Å²) >= 11 is 0. The number of aliphatic hydroxyl groups excluding tert-OH is 1. The molecule has 0 saturated carbocycles. The molecule has 2 atom stereocenters. The van der Waals surface area contributed by atoms with Gasteiger partial charge >= 0.3 is 0 Å². The van der Waals surface area contributed by atoms with E-state index in [4.69, 9.17) is 14.4 Å². The Morgan fingerprint density at radius 1 is 1.17 bits per heavy atom. The van der Waals surface area contributed by atoms with Gasteiger partial charge in [-0.05, 0) is 44.5 Å². The summed E-state index contributed by atoms with van der Waals surface area (Å²) in [7, 11) is 0. The van der Waals surface area contributed by atoms with Crippen LogP contribution < -0.4 is 0 Å². The Kier molecular flexibility index (Phi) is 7.02. The number of carbonyl (C=O) groups is 1. The third kappa shape index (κ3) is 5.34. The first-order valence-electron chi connectivity index (χ1n) is 9.92. The number of hydrogen-bond acceptors (Lipinski definition) is 6. The van der Waals surface area contributed by atoms with Crippen LogP contribution in [-0.2, 0) is 17.8 Å². The zero-order chi connectivity index (χ0) is 21.7. The van der Waals surface area contributed by atoms with Crippen molar-refractivity contribution in [3.05, 3.63) is 64.8 Å². The second kappa shape index (κ2) is 9.69. The first-order chi connectivity index (χ1) is 14.4. The van der Waals surface area contributed by atoms with Crippen LogP contribution in [0.1, 0.15) is 28.4 Å². The summed E-state index contributed by atoms with van der Waals surface area (Å²) in [4.78, 5) is 10.7. The highest BCUT2D eigenvalue weighted by Crippen LogP contribution is 2.24. The largest absolute Gasteiger partial charge is 0.483 e. The molecule has 0 aliphatic carbocycles. The molecule has 1 fully saturated rings. The molecule has 1 saturated heterocycles. The summed E-state index contributed by atoms with van der Waals surface area (Å²) in [6, 6.07) is 12.5. The highest BCUT2D eigenvalue weighted by Gasteiger charge is 2.32. The van der Waals surface area contributed by atoms with Gasteiger partial charge in [0.15, 0.2) is 0 Å². The summed E-state index contributed by atoms with van der Waals surface area (Å²) in [5.41, 5.74) is 5.33. The second-order valence-electron chi connectivity index (χ2n) is 7.77. The molecule has 30 heavy (non-hydrogen) atoms. The predicted molar refractivity (Wildman–Crippen MR) is 111 cm³/mol. The summed E-state index contributed by atoms with van der Waals surface area (Å²) in [6.07, 6.45) is 0.388. The van der Waals surface area contributed by atoms with Crippen molar-refractivity contribution >= 4 is 6.47 Å². The topological polar surface area (TPSA) is 105 Å². The molecule has 0 amide bonds. The van der Waals surface area contributed by atoms with Gasteiger partial charge in [-0.15, -0.1) is 0 Å². The number of rotatable bonds is 5. The fourth-order valence-corrected chi connectivity index (χ4v) is 3.98. The monoisotopic (exact) mass is 412 g/mol. The maximum Gasteiger partial charge on any atom is 0.290 e. The molecule has 3 heterocycles. The number of β-amino-alcohol motifs (C(OH)–C–C–N with tert-alkyl or cyclic N) is 1. The fraction of sp³-hybridized carbons (Fsp3) is 0.409. The maximum atomic E-state index is 10.5. The van der Waals surface area contributed by atoms with Gasteiger partial charge in [0.1, 0.15) is 5.76 Å². The molecular weight excluding hydrogens is 384 g/mol. The SMILES string of the molecule is Cc1cc(C[C@@H]2CN(Cc3cccc(-n4nc(C)cc4C)c3)C[C@@H]2O)on1.O=CO. The van der Waals surface area contributed by atoms with Crippen molar-refractivity contribution in [3.63, 3.8) is 0 Å². The number of nitrogens with zero attached hydrogens (tertiary/aromatic N) is 4. The quantitative estimate of drug-likeness (QED) is 0.621. The zero-order valence-corrected chi connectivity index (χ0v) is 17.5. The third-order valence-electron chi connectivity index (χ3n) is 5.19. The summed E-state index contributed by atoms with van der Waals surface area (Å²) in [5.74, 6) is 1.03. The number of benzene rings is 1. The number of likely N-dealkylation sites (tertiary alicyclic amines) is 1. The fourth-order valence-electron chi connectivity index (χ4n) is 3.98. The number of hydrogen-bond donors (Lipinski definition) is 2. The highest BCUT2D eigenvalue weighted by atomic mass is 16.5. The summed E-state index contributed by atoms with van der Waals surface area (Å²) < 4.78 is 7.30.